The first-order chi connectivity index (χ1) is 15.0. The number of hydrogen-bond donors (Lipinski definition) is 2. The molecule has 3 rings (SSSR count). The largest absolute Gasteiger partial charge is 0.372 e. The van der Waals surface area contributed by atoms with Gasteiger partial charge in [-0.2, -0.15) is 0 Å². The summed E-state index contributed by atoms with van der Waals surface area (Å²) >= 11 is 0. The Morgan fingerprint density at radius 1 is 1.03 bits per heavy atom. The molecule has 1 aliphatic heterocycles. The van der Waals surface area contributed by atoms with Gasteiger partial charge in [-0.05, 0) is 90.5 Å². The van der Waals surface area contributed by atoms with Crippen molar-refractivity contribution in [2.75, 3.05) is 23.3 Å². The van der Waals surface area contributed by atoms with E-state index in [0.29, 0.717) is 25.7 Å². The predicted octanol–water partition coefficient (Wildman–Crippen LogP) is 3.74. The number of morpholine rings is 1. The van der Waals surface area contributed by atoms with E-state index in [0.717, 1.165) is 29.9 Å². The standard InChI is InChI=1S/C24H39N3O4S/c1-15(2)32(29,30)26-21-9-7-20(8-10-21)24(28)25-22-11-16(3)23(17(4)12-22)27-13-18(5)31-19(6)14-27/h11-12,15,18-21,26H,7-10,13-14H2,1-6H3,(H,25,28)/t18-,19+,20?,21?. The van der Waals surface area contributed by atoms with Gasteiger partial charge in [-0.15, -0.1) is 0 Å². The number of rotatable bonds is 6. The maximum atomic E-state index is 12.9. The van der Waals surface area contributed by atoms with Crippen LogP contribution in [0, 0.1) is 19.8 Å². The van der Waals surface area contributed by atoms with E-state index in [1.165, 1.54) is 5.69 Å². The lowest BCUT2D eigenvalue weighted by molar-refractivity contribution is -0.120. The van der Waals surface area contributed by atoms with Gasteiger partial charge in [-0.1, -0.05) is 0 Å². The first kappa shape index (κ1) is 25.0. The van der Waals surface area contributed by atoms with Crippen molar-refractivity contribution >= 4 is 27.3 Å². The molecule has 0 bridgehead atoms. The zero-order valence-electron chi connectivity index (χ0n) is 20.3. The third-order valence-corrected chi connectivity index (χ3v) is 8.45. The van der Waals surface area contributed by atoms with E-state index in [1.807, 2.05) is 12.1 Å². The van der Waals surface area contributed by atoms with Gasteiger partial charge in [0, 0.05) is 36.4 Å². The third-order valence-electron chi connectivity index (χ3n) is 6.54. The Kier molecular flexibility index (Phi) is 7.89. The molecule has 7 nitrogen and oxygen atoms in total. The summed E-state index contributed by atoms with van der Waals surface area (Å²) in [5, 5.41) is 2.66. The van der Waals surface area contributed by atoms with Crippen LogP contribution in [-0.4, -0.2) is 50.9 Å². The number of carbonyl (C=O) groups excluding carboxylic acids is 1. The van der Waals surface area contributed by atoms with Crippen LogP contribution in [0.4, 0.5) is 11.4 Å². The van der Waals surface area contributed by atoms with Gasteiger partial charge in [0.1, 0.15) is 0 Å². The SMILES string of the molecule is Cc1cc(NC(=O)C2CCC(NS(=O)(=O)C(C)C)CC2)cc(C)c1N1C[C@@H](C)O[C@@H](C)C1. The molecule has 2 atom stereocenters. The molecule has 0 radical (unpaired) electrons. The number of nitrogens with one attached hydrogen (secondary N) is 2. The lowest BCUT2D eigenvalue weighted by atomic mass is 9.86. The van der Waals surface area contributed by atoms with Crippen LogP contribution in [-0.2, 0) is 19.6 Å². The lowest BCUT2D eigenvalue weighted by Crippen LogP contribution is -2.46. The highest BCUT2D eigenvalue weighted by Crippen LogP contribution is 2.32. The molecule has 1 aliphatic carbocycles. The van der Waals surface area contributed by atoms with Crippen LogP contribution in [0.3, 0.4) is 0 Å². The van der Waals surface area contributed by atoms with Crippen LogP contribution in [0.2, 0.25) is 0 Å². The van der Waals surface area contributed by atoms with E-state index in [-0.39, 0.29) is 30.1 Å². The van der Waals surface area contributed by atoms with Gasteiger partial charge in [-0.3, -0.25) is 4.79 Å². The van der Waals surface area contributed by atoms with Crippen LogP contribution < -0.4 is 14.9 Å². The summed E-state index contributed by atoms with van der Waals surface area (Å²) < 4.78 is 32.9. The molecule has 2 N–H and O–H groups in total. The number of nitrogens with zero attached hydrogens (tertiary/aromatic N) is 1. The molecule has 1 amide bonds. The van der Waals surface area contributed by atoms with Gasteiger partial charge < -0.3 is 15.0 Å². The second kappa shape index (κ2) is 10.1. The summed E-state index contributed by atoms with van der Waals surface area (Å²) in [4.78, 5) is 15.3. The van der Waals surface area contributed by atoms with Crippen LogP contribution in [0.1, 0.15) is 64.5 Å². The smallest absolute Gasteiger partial charge is 0.227 e. The summed E-state index contributed by atoms with van der Waals surface area (Å²) in [6.45, 7) is 13.5. The summed E-state index contributed by atoms with van der Waals surface area (Å²) in [6.07, 6.45) is 3.14. The van der Waals surface area contributed by atoms with E-state index in [4.69, 9.17) is 4.74 Å². The molecule has 1 saturated carbocycles. The number of carbonyl (C=O) groups is 1. The highest BCUT2D eigenvalue weighted by Gasteiger charge is 2.30. The number of benzene rings is 1. The van der Waals surface area contributed by atoms with Gasteiger partial charge in [-0.25, -0.2) is 13.1 Å². The Labute approximate surface area is 193 Å². The van der Waals surface area contributed by atoms with Crippen molar-refractivity contribution in [1.29, 1.82) is 0 Å². The van der Waals surface area contributed by atoms with Gasteiger partial charge in [0.05, 0.1) is 17.5 Å². The summed E-state index contributed by atoms with van der Waals surface area (Å²) in [5.41, 5.74) is 4.34. The summed E-state index contributed by atoms with van der Waals surface area (Å²) in [6, 6.07) is 4.02. The van der Waals surface area contributed by atoms with Gasteiger partial charge in [0.15, 0.2) is 0 Å². The van der Waals surface area contributed by atoms with Gasteiger partial charge in [0.2, 0.25) is 15.9 Å². The molecule has 2 fully saturated rings. The molecule has 1 aromatic rings. The van der Waals surface area contributed by atoms with Gasteiger partial charge >= 0.3 is 0 Å². The van der Waals surface area contributed by atoms with Crippen molar-refractivity contribution in [2.24, 2.45) is 5.92 Å². The first-order valence-corrected chi connectivity index (χ1v) is 13.3. The molecule has 0 unspecified atom stereocenters. The van der Waals surface area contributed by atoms with Crippen LogP contribution in [0.15, 0.2) is 12.1 Å². The second-order valence-corrected chi connectivity index (χ2v) is 12.1. The summed E-state index contributed by atoms with van der Waals surface area (Å²) in [5.74, 6) is -0.0635. The van der Waals surface area contributed by atoms with E-state index < -0.39 is 15.3 Å². The zero-order valence-corrected chi connectivity index (χ0v) is 21.1. The fraction of sp³-hybridized carbons (Fsp3) is 0.708. The van der Waals surface area contributed by atoms with Crippen LogP contribution in [0.25, 0.3) is 0 Å². The van der Waals surface area contributed by atoms with E-state index in [2.05, 4.69) is 42.6 Å². The van der Waals surface area contributed by atoms with Crippen molar-refractivity contribution in [1.82, 2.24) is 4.72 Å². The summed E-state index contributed by atoms with van der Waals surface area (Å²) in [7, 11) is -3.28. The molecule has 0 spiro atoms. The van der Waals surface area contributed by atoms with Crippen molar-refractivity contribution < 1.29 is 17.9 Å². The number of aryl methyl sites for hydroxylation is 2. The Morgan fingerprint density at radius 3 is 2.06 bits per heavy atom. The minimum Gasteiger partial charge on any atom is -0.372 e. The Bertz CT molecular complexity index is 890. The average Bonchev–Trinajstić information content (AvgIpc) is 2.66. The number of sulfonamides is 1. The van der Waals surface area contributed by atoms with E-state index in [9.17, 15) is 13.2 Å². The normalized spacial score (nSPS) is 26.9. The molecule has 8 heteroatoms. The van der Waals surface area contributed by atoms with Crippen molar-refractivity contribution in [2.45, 2.75) is 90.7 Å². The quantitative estimate of drug-likeness (QED) is 0.668. The first-order valence-electron chi connectivity index (χ1n) is 11.8. The Balaban J connectivity index is 1.60. The number of amides is 1. The maximum Gasteiger partial charge on any atom is 0.227 e. The van der Waals surface area contributed by atoms with Crippen molar-refractivity contribution in [3.8, 4) is 0 Å². The molecule has 32 heavy (non-hydrogen) atoms. The fourth-order valence-electron chi connectivity index (χ4n) is 4.97. The van der Waals surface area contributed by atoms with Crippen LogP contribution >= 0.6 is 0 Å². The van der Waals surface area contributed by atoms with Crippen molar-refractivity contribution in [3.63, 3.8) is 0 Å². The molecule has 1 heterocycles. The number of anilines is 2. The monoisotopic (exact) mass is 465 g/mol. The number of hydrogen-bond acceptors (Lipinski definition) is 5. The fourth-order valence-corrected chi connectivity index (χ4v) is 5.95. The lowest BCUT2D eigenvalue weighted by Gasteiger charge is -2.38. The average molecular weight is 466 g/mol. The minimum absolute atomic E-state index is 0.0235. The highest BCUT2D eigenvalue weighted by atomic mass is 32.2. The van der Waals surface area contributed by atoms with E-state index in [1.54, 1.807) is 13.8 Å². The predicted molar refractivity (Wildman–Crippen MR) is 130 cm³/mol. The van der Waals surface area contributed by atoms with E-state index >= 15 is 0 Å². The van der Waals surface area contributed by atoms with Gasteiger partial charge in [0.25, 0.3) is 0 Å². The Hall–Kier alpha value is -1.64. The Morgan fingerprint density at radius 2 is 1.56 bits per heavy atom. The zero-order chi connectivity index (χ0) is 23.6. The molecular weight excluding hydrogens is 426 g/mol. The molecule has 2 aliphatic rings. The topological polar surface area (TPSA) is 87.7 Å². The maximum absolute atomic E-state index is 12.9. The molecule has 1 saturated heterocycles. The molecule has 180 valence electrons. The number of ether oxygens (including phenoxy) is 1. The molecule has 0 aromatic heterocycles. The second-order valence-electron chi connectivity index (χ2n) is 9.87. The molecular formula is C24H39N3O4S. The third kappa shape index (κ3) is 6.02. The van der Waals surface area contributed by atoms with Crippen molar-refractivity contribution in [3.05, 3.63) is 23.3 Å². The van der Waals surface area contributed by atoms with Crippen LogP contribution in [0.5, 0.6) is 0 Å². The molecule has 1 aromatic carbocycles. The highest BCUT2D eigenvalue weighted by molar-refractivity contribution is 7.90. The minimum atomic E-state index is -3.28.